The molecule has 0 amide bonds. The molecule has 4 heteroatoms. The maximum absolute atomic E-state index is 11.2. The van der Waals surface area contributed by atoms with Crippen LogP contribution < -0.4 is 0 Å². The first-order chi connectivity index (χ1) is 9.20. The number of Topliss-reactive ketones (excluding diaryl/α,β-unsaturated/α-hetero) is 1. The van der Waals surface area contributed by atoms with E-state index >= 15 is 0 Å². The van der Waals surface area contributed by atoms with Gasteiger partial charge in [0, 0.05) is 22.4 Å². The summed E-state index contributed by atoms with van der Waals surface area (Å²) in [5.41, 5.74) is 2.10. The number of nitrogens with zero attached hydrogens (tertiary/aromatic N) is 2. The van der Waals surface area contributed by atoms with E-state index in [-0.39, 0.29) is 5.78 Å². The second kappa shape index (κ2) is 6.17. The fraction of sp³-hybridized carbons (Fsp3) is 0.133. The largest absolute Gasteiger partial charge is 0.295 e. The van der Waals surface area contributed by atoms with Gasteiger partial charge in [-0.1, -0.05) is 18.2 Å². The maximum atomic E-state index is 11.2. The van der Waals surface area contributed by atoms with Crippen molar-refractivity contribution in [3.8, 4) is 6.07 Å². The van der Waals surface area contributed by atoms with Gasteiger partial charge in [0.05, 0.1) is 0 Å². The predicted molar refractivity (Wildman–Crippen MR) is 75.0 cm³/mol. The Balaban J connectivity index is 2.06. The van der Waals surface area contributed by atoms with Gasteiger partial charge in [-0.25, -0.2) is 4.98 Å². The van der Waals surface area contributed by atoms with E-state index in [9.17, 15) is 4.79 Å². The zero-order chi connectivity index (χ0) is 13.7. The van der Waals surface area contributed by atoms with E-state index in [0.29, 0.717) is 17.0 Å². The minimum Gasteiger partial charge on any atom is -0.295 e. The zero-order valence-electron chi connectivity index (χ0n) is 10.5. The van der Waals surface area contributed by atoms with Gasteiger partial charge in [-0.2, -0.15) is 5.26 Å². The summed E-state index contributed by atoms with van der Waals surface area (Å²) in [4.78, 5) is 16.3. The topological polar surface area (TPSA) is 53.8 Å². The third-order valence-corrected chi connectivity index (χ3v) is 3.71. The molecule has 0 aliphatic rings. The van der Waals surface area contributed by atoms with Gasteiger partial charge in [0.1, 0.15) is 11.8 Å². The molecule has 0 N–H and O–H groups in total. The summed E-state index contributed by atoms with van der Waals surface area (Å²) in [6, 6.07) is 13.3. The molecule has 0 bridgehead atoms. The summed E-state index contributed by atoms with van der Waals surface area (Å²) < 4.78 is 0. The highest BCUT2D eigenvalue weighted by atomic mass is 32.2. The van der Waals surface area contributed by atoms with Gasteiger partial charge < -0.3 is 0 Å². The van der Waals surface area contributed by atoms with Crippen LogP contribution in [0.1, 0.15) is 28.5 Å². The van der Waals surface area contributed by atoms with E-state index in [1.165, 1.54) is 0 Å². The van der Waals surface area contributed by atoms with Crippen LogP contribution in [0.25, 0.3) is 0 Å². The van der Waals surface area contributed by atoms with E-state index < -0.39 is 0 Å². The Kier molecular flexibility index (Phi) is 4.32. The smallest absolute Gasteiger partial charge is 0.159 e. The van der Waals surface area contributed by atoms with Gasteiger partial charge >= 0.3 is 0 Å². The Labute approximate surface area is 116 Å². The Morgan fingerprint density at radius 2 is 2.05 bits per heavy atom. The Bertz CT molecular complexity index is 629. The number of benzene rings is 1. The van der Waals surface area contributed by atoms with Gasteiger partial charge in [-0.05, 0) is 30.7 Å². The molecule has 0 saturated heterocycles. The zero-order valence-corrected chi connectivity index (χ0v) is 11.3. The van der Waals surface area contributed by atoms with Crippen molar-refractivity contribution >= 4 is 17.5 Å². The lowest BCUT2D eigenvalue weighted by molar-refractivity contribution is 0.101. The number of carbonyl (C=O) groups excluding carboxylic acids is 1. The first kappa shape index (κ1) is 13.3. The van der Waals surface area contributed by atoms with E-state index in [1.807, 2.05) is 36.4 Å². The van der Waals surface area contributed by atoms with Crippen molar-refractivity contribution in [1.82, 2.24) is 4.98 Å². The molecule has 0 atom stereocenters. The van der Waals surface area contributed by atoms with Gasteiger partial charge in [0.15, 0.2) is 5.78 Å². The molecule has 0 saturated carbocycles. The second-order valence-corrected chi connectivity index (χ2v) is 5.04. The average molecular weight is 268 g/mol. The molecule has 19 heavy (non-hydrogen) atoms. The average Bonchev–Trinajstić information content (AvgIpc) is 2.45. The monoisotopic (exact) mass is 268 g/mol. The van der Waals surface area contributed by atoms with Crippen LogP contribution in [0.3, 0.4) is 0 Å². The number of thioether (sulfide) groups is 1. The minimum absolute atomic E-state index is 0.0653. The fourth-order valence-electron chi connectivity index (χ4n) is 1.60. The third-order valence-electron chi connectivity index (χ3n) is 2.65. The van der Waals surface area contributed by atoms with Crippen LogP contribution >= 0.6 is 11.8 Å². The van der Waals surface area contributed by atoms with Crippen LogP contribution in [0.15, 0.2) is 47.5 Å². The van der Waals surface area contributed by atoms with Crippen molar-refractivity contribution in [2.75, 3.05) is 0 Å². The number of aromatic nitrogens is 1. The van der Waals surface area contributed by atoms with Crippen molar-refractivity contribution in [2.24, 2.45) is 0 Å². The van der Waals surface area contributed by atoms with E-state index in [2.05, 4.69) is 11.1 Å². The summed E-state index contributed by atoms with van der Waals surface area (Å²) in [5, 5.41) is 8.95. The highest BCUT2D eigenvalue weighted by Gasteiger charge is 2.04. The minimum atomic E-state index is 0.0653. The van der Waals surface area contributed by atoms with Crippen LogP contribution in [-0.2, 0) is 5.75 Å². The van der Waals surface area contributed by atoms with Gasteiger partial charge in [0.25, 0.3) is 0 Å². The molecule has 0 spiro atoms. The molecule has 94 valence electrons. The molecule has 0 aliphatic carbocycles. The molecule has 0 aliphatic heterocycles. The number of nitriles is 1. The lowest BCUT2D eigenvalue weighted by atomic mass is 10.2. The van der Waals surface area contributed by atoms with Crippen LogP contribution in [0.5, 0.6) is 0 Å². The molecule has 2 aromatic rings. The van der Waals surface area contributed by atoms with Crippen molar-refractivity contribution in [2.45, 2.75) is 17.6 Å². The third kappa shape index (κ3) is 3.43. The van der Waals surface area contributed by atoms with Crippen molar-refractivity contribution in [3.05, 3.63) is 59.4 Å². The quantitative estimate of drug-likeness (QED) is 0.629. The number of ketones is 1. The van der Waals surface area contributed by atoms with Gasteiger partial charge in [-0.15, -0.1) is 11.8 Å². The fourth-order valence-corrected chi connectivity index (χ4v) is 2.49. The van der Waals surface area contributed by atoms with Gasteiger partial charge in [0.2, 0.25) is 0 Å². The normalized spacial score (nSPS) is 9.89. The number of hydrogen-bond donors (Lipinski definition) is 0. The number of rotatable bonds is 4. The van der Waals surface area contributed by atoms with Crippen LogP contribution in [0, 0.1) is 11.3 Å². The van der Waals surface area contributed by atoms with E-state index in [0.717, 1.165) is 10.5 Å². The molecule has 1 aromatic carbocycles. The molecule has 1 heterocycles. The van der Waals surface area contributed by atoms with Crippen LogP contribution in [0.4, 0.5) is 0 Å². The lowest BCUT2D eigenvalue weighted by Crippen LogP contribution is -1.92. The standard InChI is InChI=1S/C15H12N2OS/c1-11(18)12-4-6-14(7-5-12)19-10-13-3-2-8-17-15(13)9-16/h2-8H,10H2,1H3. The molecular formula is C15H12N2OS. The Morgan fingerprint density at radius 1 is 1.32 bits per heavy atom. The number of hydrogen-bond acceptors (Lipinski definition) is 4. The first-order valence-corrected chi connectivity index (χ1v) is 6.77. The lowest BCUT2D eigenvalue weighted by Gasteiger charge is -2.04. The highest BCUT2D eigenvalue weighted by Crippen LogP contribution is 2.24. The maximum Gasteiger partial charge on any atom is 0.159 e. The molecule has 3 nitrogen and oxygen atoms in total. The van der Waals surface area contributed by atoms with Crippen LogP contribution in [0.2, 0.25) is 0 Å². The molecule has 0 unspecified atom stereocenters. The summed E-state index contributed by atoms with van der Waals surface area (Å²) >= 11 is 1.62. The number of pyridine rings is 1. The summed E-state index contributed by atoms with van der Waals surface area (Å²) in [5.74, 6) is 0.756. The first-order valence-electron chi connectivity index (χ1n) is 5.78. The van der Waals surface area contributed by atoms with Crippen molar-refractivity contribution < 1.29 is 4.79 Å². The summed E-state index contributed by atoms with van der Waals surface area (Å²) in [6.07, 6.45) is 1.62. The highest BCUT2D eigenvalue weighted by molar-refractivity contribution is 7.98. The Hall–Kier alpha value is -2.12. The molecule has 0 radical (unpaired) electrons. The van der Waals surface area contributed by atoms with Gasteiger partial charge in [-0.3, -0.25) is 4.79 Å². The molecule has 0 fully saturated rings. The van der Waals surface area contributed by atoms with E-state index in [1.54, 1.807) is 24.9 Å². The van der Waals surface area contributed by atoms with Crippen molar-refractivity contribution in [3.63, 3.8) is 0 Å². The number of carbonyl (C=O) groups is 1. The molecular weight excluding hydrogens is 256 g/mol. The molecule has 1 aromatic heterocycles. The predicted octanol–water partition coefficient (Wildman–Crippen LogP) is 3.45. The molecule has 2 rings (SSSR count). The Morgan fingerprint density at radius 3 is 2.68 bits per heavy atom. The van der Waals surface area contributed by atoms with Crippen LogP contribution in [-0.4, -0.2) is 10.8 Å². The summed E-state index contributed by atoms with van der Waals surface area (Å²) in [7, 11) is 0. The summed E-state index contributed by atoms with van der Waals surface area (Å²) in [6.45, 7) is 1.55. The second-order valence-electron chi connectivity index (χ2n) is 3.99. The SMILES string of the molecule is CC(=O)c1ccc(SCc2cccnc2C#N)cc1. The van der Waals surface area contributed by atoms with Crippen molar-refractivity contribution in [1.29, 1.82) is 5.26 Å². The van der Waals surface area contributed by atoms with E-state index in [4.69, 9.17) is 5.26 Å².